The van der Waals surface area contributed by atoms with Crippen LogP contribution in [0.1, 0.15) is 31.0 Å². The number of ether oxygens (including phenoxy) is 3. The molecule has 8 rings (SSSR count). The number of nitrogens with zero attached hydrogens (tertiary/aromatic N) is 3. The van der Waals surface area contributed by atoms with Crippen molar-refractivity contribution in [2.75, 3.05) is 13.4 Å². The van der Waals surface area contributed by atoms with Crippen molar-refractivity contribution in [1.29, 1.82) is 0 Å². The van der Waals surface area contributed by atoms with Gasteiger partial charge >= 0.3 is 5.97 Å². The van der Waals surface area contributed by atoms with Gasteiger partial charge in [-0.1, -0.05) is 94.0 Å². The van der Waals surface area contributed by atoms with Gasteiger partial charge < -0.3 is 18.8 Å². The summed E-state index contributed by atoms with van der Waals surface area (Å²) in [7, 11) is 0. The van der Waals surface area contributed by atoms with Gasteiger partial charge in [0.2, 0.25) is 6.79 Å². The van der Waals surface area contributed by atoms with Crippen molar-refractivity contribution in [3.63, 3.8) is 0 Å². The van der Waals surface area contributed by atoms with E-state index >= 15 is 0 Å². The van der Waals surface area contributed by atoms with Gasteiger partial charge in [-0.3, -0.25) is 9.36 Å². The van der Waals surface area contributed by atoms with Gasteiger partial charge in [0.1, 0.15) is 0 Å². The fourth-order valence-corrected chi connectivity index (χ4v) is 7.84. The molecule has 0 saturated heterocycles. The quantitative estimate of drug-likeness (QED) is 0.159. The molecular weight excluding hydrogens is 714 g/mol. The second-order valence-corrected chi connectivity index (χ2v) is 13.7. The molecule has 0 radical (unpaired) electrons. The third-order valence-electron chi connectivity index (χ3n) is 8.75. The van der Waals surface area contributed by atoms with E-state index in [0.717, 1.165) is 38.2 Å². The molecule has 0 unspecified atom stereocenters. The molecule has 6 aromatic rings. The highest BCUT2D eigenvalue weighted by Crippen LogP contribution is 2.39. The Balaban J connectivity index is 1.38. The minimum absolute atomic E-state index is 0.107. The van der Waals surface area contributed by atoms with E-state index in [-0.39, 0.29) is 19.0 Å². The smallest absolute Gasteiger partial charge is 0.338 e. The zero-order valence-electron chi connectivity index (χ0n) is 27.1. The van der Waals surface area contributed by atoms with Crippen molar-refractivity contribution >= 4 is 39.3 Å². The van der Waals surface area contributed by atoms with E-state index in [0.29, 0.717) is 37.7 Å². The number of allylic oxidation sites excluding steroid dienone is 1. The Bertz CT molecular complexity index is 2480. The summed E-state index contributed by atoms with van der Waals surface area (Å²) in [6.07, 6.45) is 1.94. The number of carbonyl (C=O) groups excluding carboxylic acids is 1. The number of aromatic nitrogens is 2. The van der Waals surface area contributed by atoms with Gasteiger partial charge in [-0.25, -0.2) is 9.79 Å². The van der Waals surface area contributed by atoms with Gasteiger partial charge in [-0.05, 0) is 79.1 Å². The Morgan fingerprint density at radius 1 is 0.940 bits per heavy atom. The van der Waals surface area contributed by atoms with Crippen LogP contribution in [0.4, 0.5) is 0 Å². The molecule has 0 fully saturated rings. The minimum atomic E-state index is -0.775. The first-order valence-corrected chi connectivity index (χ1v) is 17.7. The molecule has 248 valence electrons. The summed E-state index contributed by atoms with van der Waals surface area (Å²) in [5, 5.41) is 0. The van der Waals surface area contributed by atoms with E-state index in [1.165, 1.54) is 11.3 Å². The largest absolute Gasteiger partial charge is 0.463 e. The SMILES string of the molecule is CCOC(=O)C1=C(C)N=c2s/c(=C\c3cc(-c4ccccc4)n(-c4ccc(Br)cc4)c3-c3ccccc3)c(=O)n2[C@H]1c1ccc2c(c1)OCO2. The number of carbonyl (C=O) groups is 1. The minimum Gasteiger partial charge on any atom is -0.463 e. The first-order chi connectivity index (χ1) is 24.4. The number of hydrogen-bond donors (Lipinski definition) is 0. The van der Waals surface area contributed by atoms with Crippen LogP contribution in [-0.4, -0.2) is 28.5 Å². The molecule has 50 heavy (non-hydrogen) atoms. The maximum Gasteiger partial charge on any atom is 0.338 e. The van der Waals surface area contributed by atoms with Crippen LogP contribution in [-0.2, 0) is 9.53 Å². The van der Waals surface area contributed by atoms with Crippen molar-refractivity contribution in [2.45, 2.75) is 19.9 Å². The fourth-order valence-electron chi connectivity index (χ4n) is 6.54. The second kappa shape index (κ2) is 13.1. The molecule has 8 nitrogen and oxygen atoms in total. The molecular formula is C40H30BrN3O5S. The van der Waals surface area contributed by atoms with Crippen LogP contribution >= 0.6 is 27.3 Å². The topological polar surface area (TPSA) is 84.1 Å². The van der Waals surface area contributed by atoms with Crippen molar-refractivity contribution < 1.29 is 19.0 Å². The summed E-state index contributed by atoms with van der Waals surface area (Å²) < 4.78 is 22.0. The van der Waals surface area contributed by atoms with Gasteiger partial charge in [0.15, 0.2) is 16.3 Å². The van der Waals surface area contributed by atoms with E-state index in [1.807, 2.05) is 66.7 Å². The highest BCUT2D eigenvalue weighted by molar-refractivity contribution is 9.10. The third-order valence-corrected chi connectivity index (χ3v) is 10.3. The van der Waals surface area contributed by atoms with Crippen LogP contribution in [0.3, 0.4) is 0 Å². The zero-order valence-corrected chi connectivity index (χ0v) is 29.5. The van der Waals surface area contributed by atoms with Gasteiger partial charge in [0, 0.05) is 15.7 Å². The predicted molar refractivity (Wildman–Crippen MR) is 197 cm³/mol. The number of rotatable bonds is 7. The average Bonchev–Trinajstić information content (AvgIpc) is 3.84. The lowest BCUT2D eigenvalue weighted by Crippen LogP contribution is -2.39. The molecule has 4 aromatic carbocycles. The van der Waals surface area contributed by atoms with E-state index in [9.17, 15) is 9.59 Å². The van der Waals surface area contributed by atoms with Crippen molar-refractivity contribution in [3.05, 3.63) is 156 Å². The van der Waals surface area contributed by atoms with Crippen LogP contribution in [0.15, 0.2) is 135 Å². The lowest BCUT2D eigenvalue weighted by molar-refractivity contribution is -0.139. The Morgan fingerprint density at radius 3 is 2.36 bits per heavy atom. The first-order valence-electron chi connectivity index (χ1n) is 16.1. The standard InChI is InChI=1S/C40H30BrN3O5S/c1-3-47-39(46)35-24(2)42-40-44(37(35)27-14-19-32-33(21-27)49-23-48-32)38(45)34(50-40)22-28-20-31(25-10-6-4-7-11-25)43(30-17-15-29(41)16-18-30)36(28)26-12-8-5-9-13-26/h4-22,37H,3,23H2,1-2H3/b34-22-/t37-/m0/s1. The maximum absolute atomic E-state index is 14.6. The molecule has 0 saturated carbocycles. The number of hydrogen-bond acceptors (Lipinski definition) is 7. The third kappa shape index (κ3) is 5.60. The zero-order chi connectivity index (χ0) is 34.4. The number of fused-ring (bicyclic) bond motifs is 2. The molecule has 4 heterocycles. The molecule has 0 amide bonds. The number of esters is 1. The molecule has 2 aliphatic rings. The lowest BCUT2D eigenvalue weighted by atomic mass is 9.95. The monoisotopic (exact) mass is 743 g/mol. The Morgan fingerprint density at radius 2 is 1.64 bits per heavy atom. The first kappa shape index (κ1) is 31.8. The second-order valence-electron chi connectivity index (χ2n) is 11.8. The summed E-state index contributed by atoms with van der Waals surface area (Å²) in [4.78, 5) is 33.4. The summed E-state index contributed by atoms with van der Waals surface area (Å²) >= 11 is 4.88. The van der Waals surface area contributed by atoms with E-state index in [1.54, 1.807) is 24.5 Å². The molecule has 0 N–H and O–H groups in total. The average molecular weight is 745 g/mol. The molecule has 0 bridgehead atoms. The Hall–Kier alpha value is -5.45. The summed E-state index contributed by atoms with van der Waals surface area (Å²) in [6.45, 7) is 3.83. The Kier molecular flexibility index (Phi) is 8.34. The van der Waals surface area contributed by atoms with Gasteiger partial charge in [-0.2, -0.15) is 0 Å². The van der Waals surface area contributed by atoms with E-state index in [2.05, 4.69) is 63.0 Å². The van der Waals surface area contributed by atoms with Crippen LogP contribution in [0.2, 0.25) is 0 Å². The van der Waals surface area contributed by atoms with Crippen LogP contribution in [0.5, 0.6) is 11.5 Å². The van der Waals surface area contributed by atoms with Gasteiger partial charge in [-0.15, -0.1) is 0 Å². The van der Waals surface area contributed by atoms with Crippen molar-refractivity contribution in [3.8, 4) is 39.7 Å². The maximum atomic E-state index is 14.6. The number of thiazole rings is 1. The van der Waals surface area contributed by atoms with Gasteiger partial charge in [0.05, 0.1) is 39.8 Å². The highest BCUT2D eigenvalue weighted by Gasteiger charge is 2.34. The summed E-state index contributed by atoms with van der Waals surface area (Å²) in [5.74, 6) is 0.645. The number of benzene rings is 4. The van der Waals surface area contributed by atoms with Crippen LogP contribution in [0.25, 0.3) is 34.3 Å². The van der Waals surface area contributed by atoms with E-state index in [4.69, 9.17) is 19.2 Å². The molecule has 1 atom stereocenters. The van der Waals surface area contributed by atoms with Crippen LogP contribution in [0, 0.1) is 0 Å². The molecule has 2 aromatic heterocycles. The molecule has 2 aliphatic heterocycles. The normalized spacial score (nSPS) is 15.2. The molecule has 10 heteroatoms. The predicted octanol–water partition coefficient (Wildman–Crippen LogP) is 7.41. The fraction of sp³-hybridized carbons (Fsp3) is 0.125. The van der Waals surface area contributed by atoms with Gasteiger partial charge in [0.25, 0.3) is 5.56 Å². The number of halogens is 1. The van der Waals surface area contributed by atoms with E-state index < -0.39 is 12.0 Å². The van der Waals surface area contributed by atoms with Crippen LogP contribution < -0.4 is 24.4 Å². The lowest BCUT2D eigenvalue weighted by Gasteiger charge is -2.24. The Labute approximate surface area is 300 Å². The molecule has 0 spiro atoms. The summed E-state index contributed by atoms with van der Waals surface area (Å²) in [5.41, 5.74) is 7.02. The van der Waals surface area contributed by atoms with Crippen molar-refractivity contribution in [1.82, 2.24) is 9.13 Å². The molecule has 0 aliphatic carbocycles. The summed E-state index contributed by atoms with van der Waals surface area (Å²) in [6, 6.07) is 35.4. The van der Waals surface area contributed by atoms with Crippen molar-refractivity contribution in [2.24, 2.45) is 4.99 Å². The highest BCUT2D eigenvalue weighted by atomic mass is 79.9.